The molecule has 1 saturated carbocycles. The van der Waals surface area contributed by atoms with Crippen molar-refractivity contribution in [3.63, 3.8) is 0 Å². The minimum atomic E-state index is 0.0441. The molecular formula is C24H30CrN2O2. The van der Waals surface area contributed by atoms with E-state index in [0.29, 0.717) is 11.8 Å². The molecule has 0 unspecified atom stereocenters. The maximum atomic E-state index is 6.64. The van der Waals surface area contributed by atoms with E-state index in [2.05, 4.69) is 77.5 Å². The van der Waals surface area contributed by atoms with Crippen molar-refractivity contribution >= 4 is 10.3 Å². The van der Waals surface area contributed by atoms with Gasteiger partial charge in [-0.2, -0.15) is 0 Å². The summed E-state index contributed by atoms with van der Waals surface area (Å²) in [6.45, 7) is 7.79. The van der Waals surface area contributed by atoms with Crippen LogP contribution in [0.25, 0.3) is 0 Å². The van der Waals surface area contributed by atoms with Crippen molar-refractivity contribution in [3.8, 4) is 0 Å². The Bertz CT molecular complexity index is 860. The molecule has 4 rings (SSSR count). The number of nitrogens with one attached hydrogen (secondary N) is 1. The SMILES string of the molecule is C[C@@H]1CC[C@@H](C(C)(C)c2ccccc2)[C@H](O[C](=[Cr])C2=NNC[C@@H]2c2ccco2)C1. The van der Waals surface area contributed by atoms with Crippen LogP contribution in [0.1, 0.15) is 57.3 Å². The van der Waals surface area contributed by atoms with E-state index in [9.17, 15) is 0 Å². The molecule has 4 nitrogen and oxygen atoms in total. The van der Waals surface area contributed by atoms with Crippen LogP contribution in [0.2, 0.25) is 0 Å². The molecule has 0 saturated heterocycles. The second kappa shape index (κ2) is 8.60. The van der Waals surface area contributed by atoms with Crippen LogP contribution in [-0.2, 0) is 26.0 Å². The molecule has 2 heterocycles. The van der Waals surface area contributed by atoms with Crippen molar-refractivity contribution in [1.29, 1.82) is 0 Å². The monoisotopic (exact) mass is 430 g/mol. The molecular weight excluding hydrogens is 400 g/mol. The number of furan rings is 1. The molecule has 1 aromatic heterocycles. The molecule has 2 aromatic rings. The van der Waals surface area contributed by atoms with Crippen molar-refractivity contribution < 1.29 is 25.0 Å². The molecule has 29 heavy (non-hydrogen) atoms. The molecule has 154 valence electrons. The third kappa shape index (κ3) is 4.28. The van der Waals surface area contributed by atoms with Crippen LogP contribution in [0, 0.1) is 11.8 Å². The first-order chi connectivity index (χ1) is 14.0. The summed E-state index contributed by atoms with van der Waals surface area (Å²) in [7, 11) is 0. The van der Waals surface area contributed by atoms with E-state index in [1.54, 1.807) is 6.26 Å². The Kier molecular flexibility index (Phi) is 6.11. The molecule has 1 aliphatic carbocycles. The summed E-state index contributed by atoms with van der Waals surface area (Å²) in [5.41, 5.74) is 5.45. The van der Waals surface area contributed by atoms with Gasteiger partial charge < -0.3 is 0 Å². The van der Waals surface area contributed by atoms with Gasteiger partial charge in [0.15, 0.2) is 0 Å². The van der Waals surface area contributed by atoms with Gasteiger partial charge in [-0.25, -0.2) is 0 Å². The average Bonchev–Trinajstić information content (AvgIpc) is 3.40. The van der Waals surface area contributed by atoms with Crippen LogP contribution in [0.4, 0.5) is 0 Å². The molecule has 0 amide bonds. The van der Waals surface area contributed by atoms with Crippen LogP contribution >= 0.6 is 0 Å². The molecule has 1 fully saturated rings. The first-order valence-corrected chi connectivity index (χ1v) is 11.2. The Morgan fingerprint density at radius 3 is 2.69 bits per heavy atom. The van der Waals surface area contributed by atoms with Crippen LogP contribution < -0.4 is 5.43 Å². The summed E-state index contributed by atoms with van der Waals surface area (Å²) in [6.07, 6.45) is 5.37. The zero-order valence-corrected chi connectivity index (χ0v) is 18.7. The van der Waals surface area contributed by atoms with Crippen LogP contribution in [0.5, 0.6) is 0 Å². The second-order valence-electron chi connectivity index (χ2n) is 8.98. The van der Waals surface area contributed by atoms with Gasteiger partial charge in [0.05, 0.1) is 0 Å². The van der Waals surface area contributed by atoms with Crippen molar-refractivity contribution in [3.05, 3.63) is 60.1 Å². The summed E-state index contributed by atoms with van der Waals surface area (Å²) >= 11 is 3.17. The number of nitrogens with zero attached hydrogens (tertiary/aromatic N) is 1. The van der Waals surface area contributed by atoms with Gasteiger partial charge in [0.1, 0.15) is 0 Å². The van der Waals surface area contributed by atoms with Crippen LogP contribution in [-0.4, -0.2) is 22.9 Å². The fourth-order valence-electron chi connectivity index (χ4n) is 4.87. The predicted octanol–water partition coefficient (Wildman–Crippen LogP) is 4.80. The summed E-state index contributed by atoms with van der Waals surface area (Å²) < 4.78 is 13.1. The van der Waals surface area contributed by atoms with Gasteiger partial charge in [0.2, 0.25) is 0 Å². The van der Waals surface area contributed by atoms with Gasteiger partial charge in [-0.05, 0) is 0 Å². The Hall–Kier alpha value is -1.67. The van der Waals surface area contributed by atoms with Crippen molar-refractivity contribution in [1.82, 2.24) is 5.43 Å². The topological polar surface area (TPSA) is 46.8 Å². The number of rotatable bonds is 6. The van der Waals surface area contributed by atoms with E-state index >= 15 is 0 Å². The van der Waals surface area contributed by atoms with Crippen molar-refractivity contribution in [2.24, 2.45) is 16.9 Å². The summed E-state index contributed by atoms with van der Waals surface area (Å²) in [5.74, 6) is 2.12. The minimum absolute atomic E-state index is 0.0441. The maximum absolute atomic E-state index is 6.64. The van der Waals surface area contributed by atoms with E-state index in [-0.39, 0.29) is 17.4 Å². The quantitative estimate of drug-likeness (QED) is 0.716. The number of hydrogen-bond donors (Lipinski definition) is 1. The van der Waals surface area contributed by atoms with E-state index in [0.717, 1.165) is 29.0 Å². The molecule has 1 N–H and O–H groups in total. The van der Waals surface area contributed by atoms with E-state index in [1.165, 1.54) is 18.4 Å². The zero-order valence-electron chi connectivity index (χ0n) is 17.4. The number of benzene rings is 1. The van der Waals surface area contributed by atoms with Gasteiger partial charge in [-0.15, -0.1) is 0 Å². The van der Waals surface area contributed by atoms with Crippen LogP contribution in [0.15, 0.2) is 58.2 Å². The predicted molar refractivity (Wildman–Crippen MR) is 113 cm³/mol. The van der Waals surface area contributed by atoms with Gasteiger partial charge in [-0.3, -0.25) is 0 Å². The standard InChI is InChI=1S/C24H30N2O2.Cr/c1-17-11-12-20(24(2,3)18-8-5-4-6-9-18)23(14-17)28-16-21-19(15-25-26-21)22-10-7-13-27-22;/h4-10,13,17,19-20,23,25H,11-12,14-15H2,1-3H3;/t17-,19+,20-,23-;/m1./s1. The molecule has 5 heteroatoms. The Morgan fingerprint density at radius 1 is 1.17 bits per heavy atom. The van der Waals surface area contributed by atoms with Gasteiger partial charge in [0.25, 0.3) is 0 Å². The summed E-state index contributed by atoms with van der Waals surface area (Å²) in [6, 6.07) is 14.8. The fourth-order valence-corrected chi connectivity index (χ4v) is 5.36. The van der Waals surface area contributed by atoms with Gasteiger partial charge in [0, 0.05) is 0 Å². The normalized spacial score (nSPS) is 27.3. The third-order valence-corrected chi connectivity index (χ3v) is 7.15. The van der Waals surface area contributed by atoms with E-state index in [1.807, 2.05) is 12.1 Å². The molecule has 1 aliphatic heterocycles. The summed E-state index contributed by atoms with van der Waals surface area (Å²) in [4.78, 5) is 0. The first kappa shape index (κ1) is 20.6. The van der Waals surface area contributed by atoms with Gasteiger partial charge in [-0.1, -0.05) is 0 Å². The number of hydrogen-bond acceptors (Lipinski definition) is 4. The fraction of sp³-hybridized carbons (Fsp3) is 0.500. The van der Waals surface area contributed by atoms with Gasteiger partial charge >= 0.3 is 182 Å². The van der Waals surface area contributed by atoms with E-state index in [4.69, 9.17) is 9.15 Å². The third-order valence-electron chi connectivity index (χ3n) is 6.68. The Morgan fingerprint density at radius 2 is 1.97 bits per heavy atom. The molecule has 0 spiro atoms. The number of ether oxygens (including phenoxy) is 1. The van der Waals surface area contributed by atoms with Crippen molar-refractivity contribution in [2.45, 2.75) is 57.5 Å². The van der Waals surface area contributed by atoms with Crippen molar-refractivity contribution in [2.75, 3.05) is 6.54 Å². The molecule has 2 aliphatic rings. The zero-order chi connectivity index (χ0) is 20.4. The average molecular weight is 431 g/mol. The Balaban J connectivity index is 1.54. The molecule has 0 radical (unpaired) electrons. The molecule has 0 bridgehead atoms. The van der Waals surface area contributed by atoms with Crippen LogP contribution in [0.3, 0.4) is 0 Å². The second-order valence-corrected chi connectivity index (χ2v) is 9.56. The first-order valence-electron chi connectivity index (χ1n) is 10.6. The summed E-state index contributed by atoms with van der Waals surface area (Å²) in [5, 5.41) is 4.52. The molecule has 1 aromatic carbocycles. The Labute approximate surface area is 181 Å². The number of hydrazone groups is 1. The molecule has 4 atom stereocenters. The van der Waals surface area contributed by atoms with E-state index < -0.39 is 0 Å².